The minimum absolute atomic E-state index is 0.161. The van der Waals surface area contributed by atoms with Crippen molar-refractivity contribution in [3.63, 3.8) is 0 Å². The summed E-state index contributed by atoms with van der Waals surface area (Å²) in [6.07, 6.45) is 3.41. The third kappa shape index (κ3) is 5.64. The van der Waals surface area contributed by atoms with E-state index in [2.05, 4.69) is 22.4 Å². The first kappa shape index (κ1) is 24.8. The van der Waals surface area contributed by atoms with Gasteiger partial charge >= 0.3 is 5.97 Å². The summed E-state index contributed by atoms with van der Waals surface area (Å²) in [5, 5.41) is 13.4. The number of benzene rings is 1. The molecule has 1 aromatic carbocycles. The zero-order valence-corrected chi connectivity index (χ0v) is 21.8. The number of carbonyl (C=O) groups excluding carboxylic acids is 2. The highest BCUT2D eigenvalue weighted by molar-refractivity contribution is 7.99. The SMILES string of the molecule is CCOC(=O)c1c(NC(=O)CSc2nnc(Cc3ccc(Cl)cc3)n2C)sc2c1CCC(C)C2. The number of carbonyl (C=O) groups is 2. The van der Waals surface area contributed by atoms with Crippen LogP contribution >= 0.6 is 34.7 Å². The molecule has 3 aromatic rings. The monoisotopic (exact) mass is 518 g/mol. The summed E-state index contributed by atoms with van der Waals surface area (Å²) in [4.78, 5) is 26.6. The lowest BCUT2D eigenvalue weighted by Crippen LogP contribution is -2.18. The Balaban J connectivity index is 1.42. The molecule has 0 spiro atoms. The fourth-order valence-corrected chi connectivity index (χ4v) is 6.23. The second-order valence-corrected chi connectivity index (χ2v) is 10.9. The van der Waals surface area contributed by atoms with Crippen molar-refractivity contribution in [3.8, 4) is 0 Å². The summed E-state index contributed by atoms with van der Waals surface area (Å²) in [5.41, 5.74) is 2.64. The van der Waals surface area contributed by atoms with Crippen molar-refractivity contribution in [1.29, 1.82) is 0 Å². The van der Waals surface area contributed by atoms with Crippen molar-refractivity contribution in [1.82, 2.24) is 14.8 Å². The number of thioether (sulfide) groups is 1. The van der Waals surface area contributed by atoms with E-state index in [4.69, 9.17) is 16.3 Å². The van der Waals surface area contributed by atoms with Gasteiger partial charge in [-0.3, -0.25) is 4.79 Å². The Bertz CT molecular complexity index is 1190. The third-order valence-electron chi connectivity index (χ3n) is 5.78. The molecular formula is C24H27ClN4O3S2. The lowest BCUT2D eigenvalue weighted by atomic mass is 9.88. The van der Waals surface area contributed by atoms with Crippen molar-refractivity contribution < 1.29 is 14.3 Å². The summed E-state index contributed by atoms with van der Waals surface area (Å²) in [5.74, 6) is 0.976. The highest BCUT2D eigenvalue weighted by Crippen LogP contribution is 2.40. The van der Waals surface area contributed by atoms with Crippen LogP contribution in [-0.2, 0) is 35.8 Å². The smallest absolute Gasteiger partial charge is 0.341 e. The van der Waals surface area contributed by atoms with Crippen molar-refractivity contribution in [2.24, 2.45) is 13.0 Å². The molecule has 1 atom stereocenters. The van der Waals surface area contributed by atoms with Gasteiger partial charge in [0.2, 0.25) is 5.91 Å². The van der Waals surface area contributed by atoms with Crippen LogP contribution in [0.2, 0.25) is 5.02 Å². The lowest BCUT2D eigenvalue weighted by molar-refractivity contribution is -0.113. The molecule has 1 unspecified atom stereocenters. The molecule has 0 saturated heterocycles. The highest BCUT2D eigenvalue weighted by Gasteiger charge is 2.29. The first-order valence-corrected chi connectivity index (χ1v) is 13.4. The predicted octanol–water partition coefficient (Wildman–Crippen LogP) is 5.15. The van der Waals surface area contributed by atoms with Crippen molar-refractivity contribution >= 4 is 51.6 Å². The van der Waals surface area contributed by atoms with Gasteiger partial charge in [0.15, 0.2) is 5.16 Å². The van der Waals surface area contributed by atoms with E-state index in [9.17, 15) is 9.59 Å². The zero-order chi connectivity index (χ0) is 24.2. The van der Waals surface area contributed by atoms with Gasteiger partial charge in [-0.2, -0.15) is 0 Å². The van der Waals surface area contributed by atoms with Gasteiger partial charge in [-0.05, 0) is 55.4 Å². The average Bonchev–Trinajstić information content (AvgIpc) is 3.33. The Morgan fingerprint density at radius 3 is 2.79 bits per heavy atom. The molecule has 10 heteroatoms. The normalized spacial score (nSPS) is 15.1. The van der Waals surface area contributed by atoms with Gasteiger partial charge in [-0.1, -0.05) is 42.4 Å². The van der Waals surface area contributed by atoms with Gasteiger partial charge < -0.3 is 14.6 Å². The summed E-state index contributed by atoms with van der Waals surface area (Å²) in [6, 6.07) is 7.61. The van der Waals surface area contributed by atoms with E-state index in [1.54, 1.807) is 6.92 Å². The number of fused-ring (bicyclic) bond motifs is 1. The van der Waals surface area contributed by atoms with E-state index in [1.807, 2.05) is 35.9 Å². The molecule has 0 bridgehead atoms. The number of nitrogens with zero attached hydrogens (tertiary/aromatic N) is 3. The molecule has 2 aromatic heterocycles. The number of rotatable bonds is 8. The molecule has 34 heavy (non-hydrogen) atoms. The molecule has 0 radical (unpaired) electrons. The van der Waals surface area contributed by atoms with Crippen LogP contribution in [0.25, 0.3) is 0 Å². The van der Waals surface area contributed by atoms with E-state index < -0.39 is 0 Å². The van der Waals surface area contributed by atoms with Gasteiger partial charge in [0, 0.05) is 23.4 Å². The number of halogens is 1. The number of aromatic nitrogens is 3. The maximum Gasteiger partial charge on any atom is 0.341 e. The Labute approximate surface area is 212 Å². The summed E-state index contributed by atoms with van der Waals surface area (Å²) in [6.45, 7) is 4.30. The standard InChI is InChI=1S/C24H27ClN4O3S2/c1-4-32-23(31)21-17-10-5-14(2)11-18(17)34-22(21)26-20(30)13-33-24-28-27-19(29(24)3)12-15-6-8-16(25)9-7-15/h6-9,14H,4-5,10-13H2,1-3H3,(H,26,30). The fourth-order valence-electron chi connectivity index (χ4n) is 3.96. The molecule has 180 valence electrons. The molecule has 2 heterocycles. The second kappa shape index (κ2) is 10.9. The number of nitrogens with one attached hydrogen (secondary N) is 1. The number of esters is 1. The molecule has 1 aliphatic rings. The maximum atomic E-state index is 12.8. The quantitative estimate of drug-likeness (QED) is 0.328. The minimum atomic E-state index is -0.363. The van der Waals surface area contributed by atoms with Crippen LogP contribution in [0.4, 0.5) is 5.00 Å². The number of ether oxygens (including phenoxy) is 1. The van der Waals surface area contributed by atoms with E-state index in [0.717, 1.165) is 36.2 Å². The van der Waals surface area contributed by atoms with Gasteiger partial charge in [-0.25, -0.2) is 4.79 Å². The molecule has 7 nitrogen and oxygen atoms in total. The first-order chi connectivity index (χ1) is 16.4. The number of hydrogen-bond donors (Lipinski definition) is 1. The van der Waals surface area contributed by atoms with E-state index in [1.165, 1.54) is 28.0 Å². The Hall–Kier alpha value is -2.36. The lowest BCUT2D eigenvalue weighted by Gasteiger charge is -2.18. The van der Waals surface area contributed by atoms with Crippen LogP contribution < -0.4 is 5.32 Å². The Kier molecular flexibility index (Phi) is 7.95. The molecule has 1 amide bonds. The molecule has 4 rings (SSSR count). The summed E-state index contributed by atoms with van der Waals surface area (Å²) in [7, 11) is 1.89. The van der Waals surface area contributed by atoms with Crippen molar-refractivity contribution in [2.75, 3.05) is 17.7 Å². The van der Waals surface area contributed by atoms with Gasteiger partial charge in [0.25, 0.3) is 0 Å². The van der Waals surface area contributed by atoms with Crippen molar-refractivity contribution in [3.05, 3.63) is 56.7 Å². The van der Waals surface area contributed by atoms with E-state index in [-0.39, 0.29) is 17.6 Å². The number of anilines is 1. The molecule has 0 aliphatic heterocycles. The highest BCUT2D eigenvalue weighted by atomic mass is 35.5. The first-order valence-electron chi connectivity index (χ1n) is 11.2. The van der Waals surface area contributed by atoms with Gasteiger partial charge in [0.05, 0.1) is 17.9 Å². The Morgan fingerprint density at radius 1 is 1.29 bits per heavy atom. The number of amides is 1. The van der Waals surface area contributed by atoms with Crippen LogP contribution in [0.5, 0.6) is 0 Å². The predicted molar refractivity (Wildman–Crippen MR) is 136 cm³/mol. The van der Waals surface area contributed by atoms with Gasteiger partial charge in [-0.15, -0.1) is 21.5 Å². The van der Waals surface area contributed by atoms with Gasteiger partial charge in [0.1, 0.15) is 10.8 Å². The van der Waals surface area contributed by atoms with Crippen LogP contribution in [0.15, 0.2) is 29.4 Å². The topological polar surface area (TPSA) is 86.1 Å². The summed E-state index contributed by atoms with van der Waals surface area (Å²) < 4.78 is 7.18. The average molecular weight is 519 g/mol. The third-order valence-corrected chi connectivity index (χ3v) is 8.22. The number of thiophene rings is 1. The minimum Gasteiger partial charge on any atom is -0.462 e. The number of hydrogen-bond acceptors (Lipinski definition) is 7. The van der Waals surface area contributed by atoms with Crippen LogP contribution in [-0.4, -0.2) is 39.0 Å². The van der Waals surface area contributed by atoms with E-state index in [0.29, 0.717) is 39.7 Å². The largest absolute Gasteiger partial charge is 0.462 e. The second-order valence-electron chi connectivity index (χ2n) is 8.37. The summed E-state index contributed by atoms with van der Waals surface area (Å²) >= 11 is 8.77. The molecular weight excluding hydrogens is 492 g/mol. The molecule has 0 fully saturated rings. The fraction of sp³-hybridized carbons (Fsp3) is 0.417. The Morgan fingerprint density at radius 2 is 2.06 bits per heavy atom. The maximum absolute atomic E-state index is 12.8. The molecule has 1 N–H and O–H groups in total. The zero-order valence-electron chi connectivity index (χ0n) is 19.4. The van der Waals surface area contributed by atoms with Crippen LogP contribution in [0.1, 0.15) is 52.5 Å². The van der Waals surface area contributed by atoms with Crippen molar-refractivity contribution in [2.45, 2.75) is 44.7 Å². The molecule has 1 aliphatic carbocycles. The van der Waals surface area contributed by atoms with E-state index >= 15 is 0 Å². The van der Waals surface area contributed by atoms with Crippen LogP contribution in [0, 0.1) is 5.92 Å². The molecule has 0 saturated carbocycles. The van der Waals surface area contributed by atoms with Crippen LogP contribution in [0.3, 0.4) is 0 Å².